The highest BCUT2D eigenvalue weighted by molar-refractivity contribution is 5.95. The van der Waals surface area contributed by atoms with Gasteiger partial charge in [0.25, 0.3) is 5.91 Å². The first kappa shape index (κ1) is 14.6. The van der Waals surface area contributed by atoms with Crippen LogP contribution in [0.15, 0.2) is 6.07 Å². The van der Waals surface area contributed by atoms with E-state index in [9.17, 15) is 14.7 Å². The highest BCUT2D eigenvalue weighted by Gasteiger charge is 2.35. The number of carbonyl (C=O) groups excluding carboxylic acids is 1. The van der Waals surface area contributed by atoms with Crippen LogP contribution in [0.2, 0.25) is 0 Å². The molecule has 2 rings (SSSR count). The molecule has 1 fully saturated rings. The van der Waals surface area contributed by atoms with E-state index in [1.54, 1.807) is 10.7 Å². The van der Waals surface area contributed by atoms with Gasteiger partial charge in [-0.2, -0.15) is 5.10 Å². The topological polar surface area (TPSA) is 75.4 Å². The third-order valence-corrected chi connectivity index (χ3v) is 3.71. The number of amides is 1. The maximum Gasteiger partial charge on any atom is 0.326 e. The van der Waals surface area contributed by atoms with Crippen molar-refractivity contribution in [2.24, 2.45) is 0 Å². The normalized spacial score (nSPS) is 18.8. The summed E-state index contributed by atoms with van der Waals surface area (Å²) >= 11 is 0. The van der Waals surface area contributed by atoms with Crippen LogP contribution in [0, 0.1) is 0 Å². The Bertz CT molecular complexity index is 522. The quantitative estimate of drug-likeness (QED) is 0.910. The van der Waals surface area contributed by atoms with Crippen molar-refractivity contribution < 1.29 is 14.7 Å². The van der Waals surface area contributed by atoms with Crippen molar-refractivity contribution >= 4 is 11.9 Å². The van der Waals surface area contributed by atoms with Gasteiger partial charge in [-0.25, -0.2) is 4.79 Å². The van der Waals surface area contributed by atoms with E-state index < -0.39 is 12.0 Å². The number of carbonyl (C=O) groups is 2. The number of hydrogen-bond acceptors (Lipinski definition) is 3. The van der Waals surface area contributed by atoms with Crippen LogP contribution in [0.25, 0.3) is 0 Å². The summed E-state index contributed by atoms with van der Waals surface area (Å²) in [5, 5.41) is 13.6. The van der Waals surface area contributed by atoms with Crippen LogP contribution < -0.4 is 0 Å². The van der Waals surface area contributed by atoms with E-state index in [1.807, 2.05) is 20.8 Å². The summed E-state index contributed by atoms with van der Waals surface area (Å²) in [6.45, 7) is 7.06. The standard InChI is InChI=1S/C14H21N3O3/c1-4-17-12(8-10(15-17)9(2)3)13(18)16-7-5-6-11(16)14(19)20/h8-9,11H,4-7H2,1-3H3,(H,19,20)/t11-/m1/s1. The molecule has 1 aromatic heterocycles. The molecular formula is C14H21N3O3. The molecule has 6 heteroatoms. The third-order valence-electron chi connectivity index (χ3n) is 3.71. The Morgan fingerprint density at radius 3 is 2.75 bits per heavy atom. The summed E-state index contributed by atoms with van der Waals surface area (Å²) in [7, 11) is 0. The number of aliphatic carboxylic acids is 1. The lowest BCUT2D eigenvalue weighted by molar-refractivity contribution is -0.141. The first-order chi connectivity index (χ1) is 9.45. The highest BCUT2D eigenvalue weighted by atomic mass is 16.4. The predicted molar refractivity (Wildman–Crippen MR) is 73.7 cm³/mol. The second-order valence-electron chi connectivity index (χ2n) is 5.42. The fourth-order valence-electron chi connectivity index (χ4n) is 2.55. The Balaban J connectivity index is 2.30. The van der Waals surface area contributed by atoms with E-state index in [1.165, 1.54) is 4.90 Å². The Hall–Kier alpha value is -1.85. The molecular weight excluding hydrogens is 258 g/mol. The average molecular weight is 279 g/mol. The van der Waals surface area contributed by atoms with Crippen molar-refractivity contribution in [2.75, 3.05) is 6.54 Å². The van der Waals surface area contributed by atoms with Crippen LogP contribution in [0.1, 0.15) is 55.7 Å². The number of nitrogens with zero attached hydrogens (tertiary/aromatic N) is 3. The number of carboxylic acids is 1. The molecule has 1 aliphatic rings. The van der Waals surface area contributed by atoms with Gasteiger partial charge >= 0.3 is 5.97 Å². The number of hydrogen-bond donors (Lipinski definition) is 1. The van der Waals surface area contributed by atoms with Crippen LogP contribution in [0.5, 0.6) is 0 Å². The van der Waals surface area contributed by atoms with Crippen molar-refractivity contribution in [2.45, 2.75) is 52.1 Å². The molecule has 2 heterocycles. The average Bonchev–Trinajstić information content (AvgIpc) is 3.04. The summed E-state index contributed by atoms with van der Waals surface area (Å²) in [6.07, 6.45) is 1.26. The maximum atomic E-state index is 12.6. The Morgan fingerprint density at radius 2 is 2.20 bits per heavy atom. The zero-order valence-corrected chi connectivity index (χ0v) is 12.2. The number of aromatic nitrogens is 2. The largest absolute Gasteiger partial charge is 0.480 e. The Morgan fingerprint density at radius 1 is 1.50 bits per heavy atom. The van der Waals surface area contributed by atoms with Gasteiger partial charge in [-0.3, -0.25) is 9.48 Å². The van der Waals surface area contributed by atoms with Gasteiger partial charge in [0, 0.05) is 13.1 Å². The fraction of sp³-hybridized carbons (Fsp3) is 0.643. The van der Waals surface area contributed by atoms with Gasteiger partial charge in [-0.05, 0) is 31.7 Å². The molecule has 1 aliphatic heterocycles. The van der Waals surface area contributed by atoms with Crippen molar-refractivity contribution in [3.63, 3.8) is 0 Å². The molecule has 0 spiro atoms. The minimum absolute atomic E-state index is 0.226. The first-order valence-electron chi connectivity index (χ1n) is 7.07. The minimum atomic E-state index is -0.928. The molecule has 1 aromatic rings. The predicted octanol–water partition coefficient (Wildman–Crippen LogP) is 1.72. The number of aryl methyl sites for hydroxylation is 1. The maximum absolute atomic E-state index is 12.6. The summed E-state index contributed by atoms with van der Waals surface area (Å²) in [6, 6.07) is 1.08. The van der Waals surface area contributed by atoms with Crippen molar-refractivity contribution in [3.8, 4) is 0 Å². The monoisotopic (exact) mass is 279 g/mol. The van der Waals surface area contributed by atoms with Gasteiger partial charge in [-0.1, -0.05) is 13.8 Å². The molecule has 6 nitrogen and oxygen atoms in total. The zero-order chi connectivity index (χ0) is 14.9. The van der Waals surface area contributed by atoms with Crippen LogP contribution in [-0.2, 0) is 11.3 Å². The first-order valence-corrected chi connectivity index (χ1v) is 7.07. The van der Waals surface area contributed by atoms with Crippen molar-refractivity contribution in [1.29, 1.82) is 0 Å². The smallest absolute Gasteiger partial charge is 0.326 e. The summed E-state index contributed by atoms with van der Waals surface area (Å²) in [5.41, 5.74) is 1.35. The molecule has 1 atom stereocenters. The molecule has 0 bridgehead atoms. The van der Waals surface area contributed by atoms with Gasteiger partial charge in [0.2, 0.25) is 0 Å². The van der Waals surface area contributed by atoms with Crippen LogP contribution in [-0.4, -0.2) is 44.3 Å². The Kier molecular flexibility index (Phi) is 4.11. The molecule has 110 valence electrons. The van der Waals surface area contributed by atoms with E-state index in [0.717, 1.165) is 12.1 Å². The molecule has 0 saturated carbocycles. The van der Waals surface area contributed by atoms with Crippen molar-refractivity contribution in [3.05, 3.63) is 17.5 Å². The zero-order valence-electron chi connectivity index (χ0n) is 12.2. The van der Waals surface area contributed by atoms with Gasteiger partial charge < -0.3 is 10.0 Å². The van der Waals surface area contributed by atoms with E-state index in [0.29, 0.717) is 25.2 Å². The number of rotatable bonds is 4. The second-order valence-corrected chi connectivity index (χ2v) is 5.42. The van der Waals surface area contributed by atoms with Gasteiger partial charge in [-0.15, -0.1) is 0 Å². The Labute approximate surface area is 118 Å². The summed E-state index contributed by atoms with van der Waals surface area (Å²) in [5.74, 6) is -0.915. The minimum Gasteiger partial charge on any atom is -0.480 e. The van der Waals surface area contributed by atoms with Crippen LogP contribution >= 0.6 is 0 Å². The summed E-state index contributed by atoms with van der Waals surface area (Å²) in [4.78, 5) is 25.2. The molecule has 1 amide bonds. The molecule has 0 unspecified atom stereocenters. The molecule has 1 saturated heterocycles. The lowest BCUT2D eigenvalue weighted by Crippen LogP contribution is -2.41. The summed E-state index contributed by atoms with van der Waals surface area (Å²) < 4.78 is 1.66. The number of likely N-dealkylation sites (tertiary alicyclic amines) is 1. The van der Waals surface area contributed by atoms with E-state index in [2.05, 4.69) is 5.10 Å². The highest BCUT2D eigenvalue weighted by Crippen LogP contribution is 2.22. The SMILES string of the molecule is CCn1nc(C(C)C)cc1C(=O)N1CCC[C@@H]1C(=O)O. The van der Waals surface area contributed by atoms with Gasteiger partial charge in [0.15, 0.2) is 0 Å². The van der Waals surface area contributed by atoms with Crippen LogP contribution in [0.4, 0.5) is 0 Å². The van der Waals surface area contributed by atoms with Gasteiger partial charge in [0.1, 0.15) is 11.7 Å². The van der Waals surface area contributed by atoms with E-state index in [4.69, 9.17) is 0 Å². The fourth-order valence-corrected chi connectivity index (χ4v) is 2.55. The van der Waals surface area contributed by atoms with Crippen molar-refractivity contribution in [1.82, 2.24) is 14.7 Å². The molecule has 1 N–H and O–H groups in total. The number of carboxylic acid groups (broad SMARTS) is 1. The molecule has 0 radical (unpaired) electrons. The van der Waals surface area contributed by atoms with Gasteiger partial charge in [0.05, 0.1) is 5.69 Å². The van der Waals surface area contributed by atoms with Crippen LogP contribution in [0.3, 0.4) is 0 Å². The third kappa shape index (κ3) is 2.55. The second kappa shape index (κ2) is 5.64. The molecule has 0 aromatic carbocycles. The lowest BCUT2D eigenvalue weighted by atomic mass is 10.1. The van der Waals surface area contributed by atoms with E-state index in [-0.39, 0.29) is 11.8 Å². The lowest BCUT2D eigenvalue weighted by Gasteiger charge is -2.21. The molecule has 20 heavy (non-hydrogen) atoms. The molecule has 0 aliphatic carbocycles. The van der Waals surface area contributed by atoms with E-state index >= 15 is 0 Å².